The van der Waals surface area contributed by atoms with Crippen LogP contribution in [0.4, 0.5) is 13.2 Å². The Balaban J connectivity index is 2.63. The molecule has 4 heteroatoms. The average molecular weight is 204 g/mol. The van der Waals surface area contributed by atoms with E-state index in [1.807, 2.05) is 13.0 Å². The van der Waals surface area contributed by atoms with E-state index in [1.165, 1.54) is 12.2 Å². The number of halogens is 3. The van der Waals surface area contributed by atoms with Crippen LogP contribution >= 0.6 is 0 Å². The molecule has 1 aliphatic rings. The van der Waals surface area contributed by atoms with Crippen molar-refractivity contribution in [1.82, 2.24) is 0 Å². The van der Waals surface area contributed by atoms with Crippen LogP contribution in [0.5, 0.6) is 0 Å². The number of alkyl halides is 3. The minimum atomic E-state index is -4.60. The predicted molar refractivity (Wildman–Crippen MR) is 47.4 cm³/mol. The van der Waals surface area contributed by atoms with Gasteiger partial charge in [-0.05, 0) is 25.0 Å². The van der Waals surface area contributed by atoms with Gasteiger partial charge in [0.15, 0.2) is 0 Å². The first-order valence-electron chi connectivity index (χ1n) is 4.34. The van der Waals surface area contributed by atoms with Crippen molar-refractivity contribution in [1.29, 1.82) is 0 Å². The van der Waals surface area contributed by atoms with Gasteiger partial charge in [0.25, 0.3) is 0 Å². The quantitative estimate of drug-likeness (QED) is 0.666. The molecule has 0 spiro atoms. The Labute approximate surface area is 80.6 Å². The highest BCUT2D eigenvalue weighted by Gasteiger charge is 2.31. The Morgan fingerprint density at radius 1 is 1.29 bits per heavy atom. The topological polar surface area (TPSA) is 9.23 Å². The minimum absolute atomic E-state index is 0.141. The van der Waals surface area contributed by atoms with Gasteiger partial charge in [-0.25, -0.2) is 0 Å². The first-order valence-corrected chi connectivity index (χ1v) is 4.34. The van der Waals surface area contributed by atoms with Crippen molar-refractivity contribution in [3.05, 3.63) is 35.6 Å². The van der Waals surface area contributed by atoms with Crippen LogP contribution < -0.4 is 0 Å². The van der Waals surface area contributed by atoms with Crippen LogP contribution in [0.1, 0.15) is 19.8 Å². The maximum atomic E-state index is 11.8. The second-order valence-electron chi connectivity index (χ2n) is 2.86. The Hall–Kier alpha value is -1.19. The smallest absolute Gasteiger partial charge is 0.406 e. The first-order chi connectivity index (χ1) is 6.51. The van der Waals surface area contributed by atoms with E-state index in [0.717, 1.165) is 12.0 Å². The fraction of sp³-hybridized carbons (Fsp3) is 0.400. The van der Waals surface area contributed by atoms with Crippen LogP contribution in [0.3, 0.4) is 0 Å². The highest BCUT2D eigenvalue weighted by molar-refractivity contribution is 5.29. The zero-order chi connectivity index (χ0) is 10.6. The van der Waals surface area contributed by atoms with Gasteiger partial charge >= 0.3 is 6.36 Å². The van der Waals surface area contributed by atoms with E-state index in [1.54, 1.807) is 6.08 Å². The second kappa shape index (κ2) is 4.35. The number of rotatable bonds is 2. The summed E-state index contributed by atoms with van der Waals surface area (Å²) < 4.78 is 39.3. The molecule has 1 rings (SSSR count). The van der Waals surface area contributed by atoms with Crippen molar-refractivity contribution >= 4 is 0 Å². The number of hydrogen-bond donors (Lipinski definition) is 0. The van der Waals surface area contributed by atoms with Crippen molar-refractivity contribution in [3.8, 4) is 0 Å². The third kappa shape index (κ3) is 3.68. The van der Waals surface area contributed by atoms with Crippen LogP contribution in [-0.4, -0.2) is 6.36 Å². The van der Waals surface area contributed by atoms with Crippen molar-refractivity contribution in [2.75, 3.05) is 0 Å². The highest BCUT2D eigenvalue weighted by atomic mass is 19.4. The zero-order valence-electron chi connectivity index (χ0n) is 7.77. The molecular weight excluding hydrogens is 193 g/mol. The van der Waals surface area contributed by atoms with Gasteiger partial charge in [0, 0.05) is 0 Å². The lowest BCUT2D eigenvalue weighted by molar-refractivity contribution is -0.303. The van der Waals surface area contributed by atoms with Crippen LogP contribution in [0, 0.1) is 0 Å². The summed E-state index contributed by atoms with van der Waals surface area (Å²) in [5.74, 6) is -0.141. The Bertz CT molecular complexity index is 284. The Morgan fingerprint density at radius 2 is 2.00 bits per heavy atom. The molecule has 0 saturated heterocycles. The fourth-order valence-electron chi connectivity index (χ4n) is 1.12. The van der Waals surface area contributed by atoms with Gasteiger partial charge < -0.3 is 4.74 Å². The summed E-state index contributed by atoms with van der Waals surface area (Å²) in [7, 11) is 0. The van der Waals surface area contributed by atoms with Gasteiger partial charge in [0.05, 0.1) is 0 Å². The minimum Gasteiger partial charge on any atom is -0.406 e. The number of hydrogen-bond acceptors (Lipinski definition) is 1. The maximum absolute atomic E-state index is 11.8. The number of ether oxygens (including phenoxy) is 1. The monoisotopic (exact) mass is 204 g/mol. The van der Waals surface area contributed by atoms with Gasteiger partial charge in [0.2, 0.25) is 0 Å². The fourth-order valence-corrected chi connectivity index (χ4v) is 1.12. The van der Waals surface area contributed by atoms with Gasteiger partial charge in [-0.3, -0.25) is 0 Å². The van der Waals surface area contributed by atoms with E-state index in [0.29, 0.717) is 6.42 Å². The van der Waals surface area contributed by atoms with Crippen LogP contribution in [0.15, 0.2) is 35.6 Å². The molecule has 14 heavy (non-hydrogen) atoms. The van der Waals surface area contributed by atoms with Crippen molar-refractivity contribution in [2.45, 2.75) is 26.1 Å². The lowest BCUT2D eigenvalue weighted by atomic mass is 10.2. The molecule has 78 valence electrons. The van der Waals surface area contributed by atoms with Crippen molar-refractivity contribution in [2.24, 2.45) is 0 Å². The number of allylic oxidation sites excluding steroid dienone is 5. The van der Waals surface area contributed by atoms with Gasteiger partial charge in [-0.15, -0.1) is 13.2 Å². The Morgan fingerprint density at radius 3 is 2.57 bits per heavy atom. The summed E-state index contributed by atoms with van der Waals surface area (Å²) in [4.78, 5) is 0. The summed E-state index contributed by atoms with van der Waals surface area (Å²) in [6, 6.07) is 0. The molecule has 0 unspecified atom stereocenters. The molecule has 0 amide bonds. The highest BCUT2D eigenvalue weighted by Crippen LogP contribution is 2.23. The molecule has 1 nitrogen and oxygen atoms in total. The molecular formula is C10H11F3O. The third-order valence-electron chi connectivity index (χ3n) is 1.80. The van der Waals surface area contributed by atoms with Gasteiger partial charge in [0.1, 0.15) is 5.76 Å². The van der Waals surface area contributed by atoms with Crippen molar-refractivity contribution in [3.63, 3.8) is 0 Å². The lowest BCUT2D eigenvalue weighted by Crippen LogP contribution is -2.11. The van der Waals surface area contributed by atoms with E-state index in [2.05, 4.69) is 4.74 Å². The molecule has 0 bridgehead atoms. The standard InChI is InChI=1S/C10H11F3O/c1-2-8-4-3-5-9(7-6-8)14-10(11,12)13/h4-7H,2-3H2,1H3. The van der Waals surface area contributed by atoms with E-state index < -0.39 is 6.36 Å². The molecule has 0 atom stereocenters. The zero-order valence-corrected chi connectivity index (χ0v) is 7.77. The largest absolute Gasteiger partial charge is 0.573 e. The molecule has 0 aromatic carbocycles. The first kappa shape index (κ1) is 10.9. The second-order valence-corrected chi connectivity index (χ2v) is 2.86. The summed E-state index contributed by atoms with van der Waals surface area (Å²) in [5.41, 5.74) is 1.02. The third-order valence-corrected chi connectivity index (χ3v) is 1.80. The van der Waals surface area contributed by atoms with Crippen LogP contribution in [0.2, 0.25) is 0 Å². The van der Waals surface area contributed by atoms with Gasteiger partial charge in [-0.2, -0.15) is 0 Å². The Kier molecular flexibility index (Phi) is 3.38. The maximum Gasteiger partial charge on any atom is 0.573 e. The van der Waals surface area contributed by atoms with Crippen LogP contribution in [0.25, 0.3) is 0 Å². The molecule has 0 N–H and O–H groups in total. The summed E-state index contributed by atoms with van der Waals surface area (Å²) in [6.07, 6.45) is 2.95. The molecule has 0 aliphatic heterocycles. The van der Waals surface area contributed by atoms with E-state index in [9.17, 15) is 13.2 Å². The molecule has 1 aliphatic carbocycles. The lowest BCUT2D eigenvalue weighted by Gasteiger charge is -2.08. The van der Waals surface area contributed by atoms with E-state index in [4.69, 9.17) is 0 Å². The molecule has 0 heterocycles. The van der Waals surface area contributed by atoms with Crippen molar-refractivity contribution < 1.29 is 17.9 Å². The predicted octanol–water partition coefficient (Wildman–Crippen LogP) is 3.70. The molecule has 0 fully saturated rings. The normalized spacial score (nSPS) is 17.1. The summed E-state index contributed by atoms with van der Waals surface area (Å²) in [5, 5.41) is 0. The molecule has 0 radical (unpaired) electrons. The summed E-state index contributed by atoms with van der Waals surface area (Å²) >= 11 is 0. The summed E-state index contributed by atoms with van der Waals surface area (Å²) in [6.45, 7) is 1.95. The average Bonchev–Trinajstić information content (AvgIpc) is 2.27. The molecule has 0 aromatic heterocycles. The van der Waals surface area contributed by atoms with Crippen LogP contribution in [-0.2, 0) is 4.74 Å². The van der Waals surface area contributed by atoms with Gasteiger partial charge in [-0.1, -0.05) is 24.6 Å². The molecule has 0 saturated carbocycles. The van der Waals surface area contributed by atoms with E-state index >= 15 is 0 Å². The SMILES string of the molecule is CCC1=CCC=C(OC(F)(F)F)C=C1. The van der Waals surface area contributed by atoms with E-state index in [-0.39, 0.29) is 5.76 Å². The molecule has 0 aromatic rings.